The van der Waals surface area contributed by atoms with Crippen molar-refractivity contribution in [1.82, 2.24) is 28.9 Å². The molecule has 3 aliphatic rings. The van der Waals surface area contributed by atoms with Crippen molar-refractivity contribution in [3.05, 3.63) is 35.2 Å². The minimum absolute atomic E-state index is 0.0255. The molecule has 11 nitrogen and oxygen atoms in total. The quantitative estimate of drug-likeness (QED) is 0.528. The highest BCUT2D eigenvalue weighted by Gasteiger charge is 2.35. The van der Waals surface area contributed by atoms with E-state index >= 15 is 0 Å². The number of amides is 2. The van der Waals surface area contributed by atoms with Gasteiger partial charge in [-0.1, -0.05) is 11.6 Å². The summed E-state index contributed by atoms with van der Waals surface area (Å²) >= 11 is 6.53. The molecule has 0 N–H and O–H groups in total. The van der Waals surface area contributed by atoms with Crippen LogP contribution in [0.25, 0.3) is 0 Å². The monoisotopic (exact) mass is 549 g/mol. The van der Waals surface area contributed by atoms with Crippen molar-refractivity contribution >= 4 is 39.3 Å². The van der Waals surface area contributed by atoms with Gasteiger partial charge in [-0.2, -0.15) is 9.40 Å². The highest BCUT2D eigenvalue weighted by molar-refractivity contribution is 7.89. The van der Waals surface area contributed by atoms with E-state index in [-0.39, 0.29) is 31.1 Å². The van der Waals surface area contributed by atoms with Crippen molar-refractivity contribution in [1.29, 1.82) is 0 Å². The van der Waals surface area contributed by atoms with Crippen molar-refractivity contribution in [2.45, 2.75) is 36.5 Å². The van der Waals surface area contributed by atoms with Crippen LogP contribution < -0.4 is 4.90 Å². The van der Waals surface area contributed by atoms with Crippen molar-refractivity contribution in [3.63, 3.8) is 0 Å². The molecule has 0 bridgehead atoms. The lowest BCUT2D eigenvalue weighted by Gasteiger charge is -2.34. The molecule has 0 aromatic carbocycles. The Morgan fingerprint density at radius 2 is 1.57 bits per heavy atom. The van der Waals surface area contributed by atoms with Crippen molar-refractivity contribution < 1.29 is 18.0 Å². The summed E-state index contributed by atoms with van der Waals surface area (Å²) in [5.41, 5.74) is 1.09. The summed E-state index contributed by atoms with van der Waals surface area (Å²) in [5.74, 6) is -0.0905. The summed E-state index contributed by atoms with van der Waals surface area (Å²) < 4.78 is 29.7. The maximum absolute atomic E-state index is 13.3. The number of piperazine rings is 1. The molecule has 0 unspecified atom stereocenters. The molecule has 0 radical (unpaired) electrons. The number of carbonyl (C=O) groups excluding carboxylic acids is 2. The number of rotatable bonds is 4. The summed E-state index contributed by atoms with van der Waals surface area (Å²) in [6, 6.07) is 3.50. The first-order chi connectivity index (χ1) is 17.7. The maximum Gasteiger partial charge on any atom is 0.312 e. The third-order valence-electron chi connectivity index (χ3n) is 7.48. The number of anilines is 1. The van der Waals surface area contributed by atoms with Gasteiger partial charge in [-0.05, 0) is 37.8 Å². The van der Waals surface area contributed by atoms with Gasteiger partial charge in [0.2, 0.25) is 10.0 Å². The first kappa shape index (κ1) is 25.9. The van der Waals surface area contributed by atoms with Gasteiger partial charge in [-0.15, -0.1) is 0 Å². The minimum Gasteiger partial charge on any atom is -0.355 e. The van der Waals surface area contributed by atoms with Crippen LogP contribution in [-0.2, 0) is 26.7 Å². The second kappa shape index (κ2) is 10.6. The van der Waals surface area contributed by atoms with Gasteiger partial charge in [0.1, 0.15) is 10.7 Å². The van der Waals surface area contributed by atoms with Gasteiger partial charge in [0.25, 0.3) is 0 Å². The average molecular weight is 550 g/mol. The molecule has 2 aromatic rings. The molecule has 37 heavy (non-hydrogen) atoms. The van der Waals surface area contributed by atoms with Gasteiger partial charge in [-0.25, -0.2) is 13.4 Å². The van der Waals surface area contributed by atoms with E-state index in [2.05, 4.69) is 15.0 Å². The standard InChI is InChI=1S/C24H32ClN7O4S/c1-28-9-6-21(27-28)18-4-10-29(11-5-18)22-20(25)16-19(17-26-22)37(35,36)32-14-12-31(13-15-32)24(34)23(33)30-7-2-3-8-30/h6,9,16-18H,2-5,7-8,10-15H2,1H3. The summed E-state index contributed by atoms with van der Waals surface area (Å²) in [7, 11) is -1.92. The van der Waals surface area contributed by atoms with E-state index in [1.165, 1.54) is 21.5 Å². The molecule has 3 fully saturated rings. The Hall–Kier alpha value is -2.70. The Morgan fingerprint density at radius 1 is 0.946 bits per heavy atom. The SMILES string of the molecule is Cn1ccc(C2CCN(c3ncc(S(=O)(=O)N4CCN(C(=O)C(=O)N5CCCC5)CC4)cc3Cl)CC2)n1. The molecule has 200 valence electrons. The molecular formula is C24H32ClN7O4S. The van der Waals surface area contributed by atoms with Gasteiger partial charge in [0.05, 0.1) is 10.7 Å². The van der Waals surface area contributed by atoms with Crippen molar-refractivity contribution in [3.8, 4) is 0 Å². The Bertz CT molecular complexity index is 1260. The second-order valence-electron chi connectivity index (χ2n) is 9.85. The molecule has 0 aliphatic carbocycles. The van der Waals surface area contributed by atoms with E-state index in [0.717, 1.165) is 44.5 Å². The molecule has 5 rings (SSSR count). The molecule has 0 saturated carbocycles. The number of aromatic nitrogens is 3. The van der Waals surface area contributed by atoms with E-state index in [1.54, 1.807) is 4.90 Å². The van der Waals surface area contributed by atoms with Crippen molar-refractivity contribution in [2.75, 3.05) is 57.3 Å². The van der Waals surface area contributed by atoms with Gasteiger partial charge in [0.15, 0.2) is 0 Å². The number of nitrogens with zero attached hydrogens (tertiary/aromatic N) is 7. The van der Waals surface area contributed by atoms with Crippen LogP contribution in [0.5, 0.6) is 0 Å². The minimum atomic E-state index is -3.84. The number of sulfonamides is 1. The van der Waals surface area contributed by atoms with E-state index in [9.17, 15) is 18.0 Å². The summed E-state index contributed by atoms with van der Waals surface area (Å²) in [4.78, 5) is 34.5. The normalized spacial score (nSPS) is 20.0. The lowest BCUT2D eigenvalue weighted by molar-refractivity contribution is -0.151. The molecule has 13 heteroatoms. The fraction of sp³-hybridized carbons (Fsp3) is 0.583. The van der Waals surface area contributed by atoms with Gasteiger partial charge < -0.3 is 14.7 Å². The number of pyridine rings is 1. The van der Waals surface area contributed by atoms with Crippen LogP contribution in [0.2, 0.25) is 5.02 Å². The lowest BCUT2D eigenvalue weighted by atomic mass is 9.94. The second-order valence-corrected chi connectivity index (χ2v) is 12.2. The Morgan fingerprint density at radius 3 is 2.14 bits per heavy atom. The third-order valence-corrected chi connectivity index (χ3v) is 9.63. The molecule has 0 spiro atoms. The highest BCUT2D eigenvalue weighted by Crippen LogP contribution is 2.33. The van der Waals surface area contributed by atoms with E-state index in [1.807, 2.05) is 24.0 Å². The predicted octanol–water partition coefficient (Wildman–Crippen LogP) is 1.31. The van der Waals surface area contributed by atoms with Crippen LogP contribution in [0.15, 0.2) is 29.4 Å². The van der Waals surface area contributed by atoms with E-state index < -0.39 is 21.8 Å². The van der Waals surface area contributed by atoms with E-state index in [4.69, 9.17) is 11.6 Å². The lowest BCUT2D eigenvalue weighted by Crippen LogP contribution is -2.54. The zero-order valence-electron chi connectivity index (χ0n) is 20.9. The van der Waals surface area contributed by atoms with Crippen LogP contribution >= 0.6 is 11.6 Å². The van der Waals surface area contributed by atoms with E-state index in [0.29, 0.717) is 29.8 Å². The van der Waals surface area contributed by atoms with Crippen LogP contribution in [-0.4, -0.2) is 101 Å². The van der Waals surface area contributed by atoms with Gasteiger partial charge in [0, 0.05) is 77.7 Å². The molecule has 3 saturated heterocycles. The Labute approximate surface area is 222 Å². The van der Waals surface area contributed by atoms with Crippen LogP contribution in [0.1, 0.15) is 37.3 Å². The molecule has 3 aliphatic heterocycles. The van der Waals surface area contributed by atoms with Crippen molar-refractivity contribution in [2.24, 2.45) is 7.05 Å². The van der Waals surface area contributed by atoms with Gasteiger partial charge in [-0.3, -0.25) is 14.3 Å². The van der Waals surface area contributed by atoms with Crippen LogP contribution in [0.3, 0.4) is 0 Å². The zero-order chi connectivity index (χ0) is 26.2. The number of aryl methyl sites for hydroxylation is 1. The Balaban J connectivity index is 1.19. The number of carbonyl (C=O) groups is 2. The number of piperidine rings is 1. The fourth-order valence-corrected chi connectivity index (χ4v) is 7.04. The Kier molecular flexibility index (Phi) is 7.42. The van der Waals surface area contributed by atoms with Gasteiger partial charge >= 0.3 is 11.8 Å². The number of hydrogen-bond acceptors (Lipinski definition) is 7. The maximum atomic E-state index is 13.3. The van der Waals surface area contributed by atoms with Crippen LogP contribution in [0, 0.1) is 0 Å². The first-order valence-corrected chi connectivity index (χ1v) is 14.5. The molecule has 0 atom stereocenters. The summed E-state index contributed by atoms with van der Waals surface area (Å²) in [5, 5.41) is 4.81. The molecule has 2 aromatic heterocycles. The number of likely N-dealkylation sites (tertiary alicyclic amines) is 1. The summed E-state index contributed by atoms with van der Waals surface area (Å²) in [6.45, 7) is 3.28. The zero-order valence-corrected chi connectivity index (χ0v) is 22.5. The fourth-order valence-electron chi connectivity index (χ4n) is 5.30. The van der Waals surface area contributed by atoms with Crippen LogP contribution in [0.4, 0.5) is 5.82 Å². The molecule has 2 amide bonds. The smallest absolute Gasteiger partial charge is 0.312 e. The average Bonchev–Trinajstić information content (AvgIpc) is 3.60. The summed E-state index contributed by atoms with van der Waals surface area (Å²) in [6.07, 6.45) is 6.95. The topological polar surface area (TPSA) is 112 Å². The largest absolute Gasteiger partial charge is 0.355 e. The predicted molar refractivity (Wildman–Crippen MR) is 138 cm³/mol. The number of halogens is 1. The molecule has 5 heterocycles. The highest BCUT2D eigenvalue weighted by atomic mass is 35.5. The number of hydrogen-bond donors (Lipinski definition) is 0. The third kappa shape index (κ3) is 5.32. The molecular weight excluding hydrogens is 518 g/mol. The first-order valence-electron chi connectivity index (χ1n) is 12.7.